The molecule has 0 bridgehead atoms. The molecule has 5 rings (SSSR count). The maximum absolute atomic E-state index is 13.7. The highest BCUT2D eigenvalue weighted by molar-refractivity contribution is 6.10. The van der Waals surface area contributed by atoms with Crippen molar-refractivity contribution < 1.29 is 22.8 Å². The number of nitrogens with one attached hydrogen (secondary N) is 1. The second kappa shape index (κ2) is 9.89. The van der Waals surface area contributed by atoms with Crippen molar-refractivity contribution in [3.63, 3.8) is 0 Å². The maximum Gasteiger partial charge on any atom is 0.419 e. The molecule has 3 fully saturated rings. The van der Waals surface area contributed by atoms with Gasteiger partial charge in [0.05, 0.1) is 17.4 Å². The van der Waals surface area contributed by atoms with Gasteiger partial charge in [-0.1, -0.05) is 18.7 Å². The van der Waals surface area contributed by atoms with Crippen LogP contribution in [0.2, 0.25) is 0 Å². The zero-order valence-corrected chi connectivity index (χ0v) is 21.5. The van der Waals surface area contributed by atoms with E-state index in [9.17, 15) is 22.8 Å². The number of hydrogen-bond donors (Lipinski definition) is 1. The van der Waals surface area contributed by atoms with Gasteiger partial charge in [-0.05, 0) is 43.0 Å². The van der Waals surface area contributed by atoms with Crippen LogP contribution in [0.1, 0.15) is 36.1 Å². The Morgan fingerprint density at radius 2 is 1.82 bits per heavy atom. The summed E-state index contributed by atoms with van der Waals surface area (Å²) in [5.41, 5.74) is -1.14. The van der Waals surface area contributed by atoms with E-state index in [1.165, 1.54) is 11.0 Å². The van der Waals surface area contributed by atoms with Crippen molar-refractivity contribution in [2.24, 2.45) is 0 Å². The van der Waals surface area contributed by atoms with Gasteiger partial charge < -0.3 is 15.1 Å². The van der Waals surface area contributed by atoms with Gasteiger partial charge in [-0.15, -0.1) is 0 Å². The SMILES string of the molecule is C=C1N(c2cnc(C#N)c(C(F)(F)F)c2)C(=O)C2(CCC2)N1c1ccc(CN2CCN(C(=O)NC)CC2)cc1. The second-order valence-corrected chi connectivity index (χ2v) is 9.96. The molecule has 1 saturated carbocycles. The van der Waals surface area contributed by atoms with Crippen molar-refractivity contribution in [3.8, 4) is 6.07 Å². The molecule has 2 aromatic rings. The number of urea groups is 1. The highest BCUT2D eigenvalue weighted by Gasteiger charge is 2.59. The first-order chi connectivity index (χ1) is 18.6. The third-order valence-electron chi connectivity index (χ3n) is 7.74. The molecule has 204 valence electrons. The topological polar surface area (TPSA) is 95.8 Å². The van der Waals surface area contributed by atoms with Gasteiger partial charge in [0.15, 0.2) is 5.69 Å². The Hall–Kier alpha value is -4.11. The largest absolute Gasteiger partial charge is 0.419 e. The minimum atomic E-state index is -4.79. The summed E-state index contributed by atoms with van der Waals surface area (Å²) in [5, 5.41) is 11.7. The van der Waals surface area contributed by atoms with Gasteiger partial charge in [-0.25, -0.2) is 9.78 Å². The Bertz CT molecular complexity index is 1340. The van der Waals surface area contributed by atoms with E-state index in [4.69, 9.17) is 5.26 Å². The molecule has 39 heavy (non-hydrogen) atoms. The summed E-state index contributed by atoms with van der Waals surface area (Å²) < 4.78 is 40.8. The van der Waals surface area contributed by atoms with Gasteiger partial charge in [0.1, 0.15) is 17.4 Å². The summed E-state index contributed by atoms with van der Waals surface area (Å²) in [6.45, 7) is 7.59. The molecular formula is C27H28F3N7O2. The zero-order valence-electron chi connectivity index (χ0n) is 21.5. The van der Waals surface area contributed by atoms with Gasteiger partial charge in [0, 0.05) is 45.5 Å². The van der Waals surface area contributed by atoms with Crippen molar-refractivity contribution in [1.82, 2.24) is 20.1 Å². The third kappa shape index (κ3) is 4.57. The lowest BCUT2D eigenvalue weighted by molar-refractivity contribution is -0.138. The fraction of sp³-hybridized carbons (Fsp3) is 0.407. The first-order valence-corrected chi connectivity index (χ1v) is 12.7. The number of piperazine rings is 1. The molecule has 1 aliphatic carbocycles. The van der Waals surface area contributed by atoms with Crippen molar-refractivity contribution in [1.29, 1.82) is 5.26 Å². The molecule has 2 saturated heterocycles. The lowest BCUT2D eigenvalue weighted by Gasteiger charge is -2.43. The number of nitriles is 1. The minimum Gasteiger partial charge on any atom is -0.341 e. The quantitative estimate of drug-likeness (QED) is 0.637. The molecule has 0 radical (unpaired) electrons. The van der Waals surface area contributed by atoms with E-state index in [0.717, 1.165) is 43.0 Å². The number of rotatable bonds is 4. The molecule has 3 aliphatic rings. The number of pyridine rings is 1. The molecule has 9 nitrogen and oxygen atoms in total. The molecule has 1 aromatic carbocycles. The number of carbonyl (C=O) groups is 2. The maximum atomic E-state index is 13.7. The lowest BCUT2D eigenvalue weighted by atomic mass is 9.75. The van der Waals surface area contributed by atoms with E-state index in [1.807, 2.05) is 29.2 Å². The Balaban J connectivity index is 1.37. The monoisotopic (exact) mass is 539 g/mol. The van der Waals surface area contributed by atoms with Gasteiger partial charge in [0.2, 0.25) is 0 Å². The number of carbonyl (C=O) groups excluding carboxylic acids is 2. The summed E-state index contributed by atoms with van der Waals surface area (Å²) in [5.74, 6) is -0.103. The van der Waals surface area contributed by atoms with E-state index >= 15 is 0 Å². The first-order valence-electron chi connectivity index (χ1n) is 12.7. The van der Waals surface area contributed by atoms with Gasteiger partial charge in [-0.3, -0.25) is 14.6 Å². The van der Waals surface area contributed by atoms with Crippen molar-refractivity contribution in [3.05, 3.63) is 65.7 Å². The highest BCUT2D eigenvalue weighted by atomic mass is 19.4. The van der Waals surface area contributed by atoms with Gasteiger partial charge >= 0.3 is 12.2 Å². The average molecular weight is 540 g/mol. The number of amides is 3. The summed E-state index contributed by atoms with van der Waals surface area (Å²) in [6, 6.07) is 9.92. The molecule has 2 aliphatic heterocycles. The number of anilines is 2. The smallest absolute Gasteiger partial charge is 0.341 e. The predicted molar refractivity (Wildman–Crippen MR) is 137 cm³/mol. The van der Waals surface area contributed by atoms with Crippen LogP contribution in [0.15, 0.2) is 48.9 Å². The first kappa shape index (κ1) is 26.5. The molecule has 1 aromatic heterocycles. The number of nitrogens with zero attached hydrogens (tertiary/aromatic N) is 6. The van der Waals surface area contributed by atoms with Crippen LogP contribution in [-0.4, -0.2) is 65.5 Å². The van der Waals surface area contributed by atoms with Crippen molar-refractivity contribution in [2.75, 3.05) is 43.0 Å². The van der Waals surface area contributed by atoms with E-state index in [0.29, 0.717) is 32.5 Å². The Kier molecular flexibility index (Phi) is 6.72. The van der Waals surface area contributed by atoms with E-state index in [-0.39, 0.29) is 23.4 Å². The van der Waals surface area contributed by atoms with Gasteiger partial charge in [0.25, 0.3) is 5.91 Å². The highest BCUT2D eigenvalue weighted by Crippen LogP contribution is 2.50. The molecule has 1 N–H and O–H groups in total. The fourth-order valence-corrected chi connectivity index (χ4v) is 5.54. The normalized spacial score (nSPS) is 19.3. The number of halogens is 3. The molecule has 0 atom stereocenters. The van der Waals surface area contributed by atoms with Crippen LogP contribution < -0.4 is 15.1 Å². The number of hydrogen-bond acceptors (Lipinski definition) is 6. The zero-order chi connectivity index (χ0) is 27.9. The molecular weight excluding hydrogens is 511 g/mol. The van der Waals surface area contributed by atoms with Crippen molar-refractivity contribution in [2.45, 2.75) is 37.5 Å². The average Bonchev–Trinajstić information content (AvgIpc) is 3.14. The van der Waals surface area contributed by atoms with Crippen LogP contribution in [0.25, 0.3) is 0 Å². The summed E-state index contributed by atoms with van der Waals surface area (Å²) in [7, 11) is 1.62. The predicted octanol–water partition coefficient (Wildman–Crippen LogP) is 3.68. The number of benzene rings is 1. The van der Waals surface area contributed by atoms with Gasteiger partial charge in [-0.2, -0.15) is 18.4 Å². The number of aromatic nitrogens is 1. The minimum absolute atomic E-state index is 0.0717. The van der Waals surface area contributed by atoms with E-state index < -0.39 is 23.0 Å². The van der Waals surface area contributed by atoms with Crippen LogP contribution in [0.5, 0.6) is 0 Å². The standard InChI is InChI=1S/C27H28F3N7O2/c1-18-36(21-14-22(27(28,29)30)23(15-31)33-16-21)24(38)26(8-3-9-26)37(18)20-6-4-19(5-7-20)17-34-10-12-35(13-11-34)25(39)32-2/h4-7,14,16H,1,3,8-13,17H2,2H3,(H,32,39). The molecule has 3 amide bonds. The van der Waals surface area contributed by atoms with Crippen LogP contribution >= 0.6 is 0 Å². The Labute approximate surface area is 224 Å². The lowest BCUT2D eigenvalue weighted by Crippen LogP contribution is -2.54. The fourth-order valence-electron chi connectivity index (χ4n) is 5.54. The van der Waals surface area contributed by atoms with E-state index in [2.05, 4.69) is 21.8 Å². The van der Waals surface area contributed by atoms with Crippen LogP contribution in [0, 0.1) is 11.3 Å². The van der Waals surface area contributed by atoms with Crippen molar-refractivity contribution >= 4 is 23.3 Å². The van der Waals surface area contributed by atoms with Crippen LogP contribution in [-0.2, 0) is 17.5 Å². The Morgan fingerprint density at radius 1 is 1.15 bits per heavy atom. The summed E-state index contributed by atoms with van der Waals surface area (Å²) in [6.07, 6.45) is -1.78. The summed E-state index contributed by atoms with van der Waals surface area (Å²) in [4.78, 5) is 36.2. The third-order valence-corrected chi connectivity index (χ3v) is 7.74. The van der Waals surface area contributed by atoms with E-state index in [1.54, 1.807) is 11.9 Å². The molecule has 3 heterocycles. The Morgan fingerprint density at radius 3 is 2.36 bits per heavy atom. The van der Waals surface area contributed by atoms with Crippen LogP contribution in [0.4, 0.5) is 29.3 Å². The molecule has 0 unspecified atom stereocenters. The summed E-state index contributed by atoms with van der Waals surface area (Å²) >= 11 is 0. The number of alkyl halides is 3. The second-order valence-electron chi connectivity index (χ2n) is 9.96. The van der Waals surface area contributed by atoms with Crippen LogP contribution in [0.3, 0.4) is 0 Å². The molecule has 12 heteroatoms. The molecule has 1 spiro atoms.